The topological polar surface area (TPSA) is 46.3 Å². The SMILES string of the molecule is CCC(C)C(=O)N1CCCC1C(N)=S. The van der Waals surface area contributed by atoms with Crippen LogP contribution in [0.3, 0.4) is 0 Å². The molecular weight excluding hydrogens is 196 g/mol. The Labute approximate surface area is 90.6 Å². The second-order valence-electron chi connectivity index (χ2n) is 3.90. The monoisotopic (exact) mass is 214 g/mol. The summed E-state index contributed by atoms with van der Waals surface area (Å²) in [5.41, 5.74) is 5.61. The zero-order valence-corrected chi connectivity index (χ0v) is 9.64. The molecule has 1 amide bonds. The van der Waals surface area contributed by atoms with Gasteiger partial charge >= 0.3 is 0 Å². The van der Waals surface area contributed by atoms with Crippen molar-refractivity contribution in [3.05, 3.63) is 0 Å². The quantitative estimate of drug-likeness (QED) is 0.721. The van der Waals surface area contributed by atoms with E-state index < -0.39 is 0 Å². The van der Waals surface area contributed by atoms with E-state index >= 15 is 0 Å². The molecule has 0 bridgehead atoms. The zero-order valence-electron chi connectivity index (χ0n) is 8.82. The van der Waals surface area contributed by atoms with Crippen molar-refractivity contribution in [1.29, 1.82) is 0 Å². The van der Waals surface area contributed by atoms with Crippen molar-refractivity contribution < 1.29 is 4.79 Å². The summed E-state index contributed by atoms with van der Waals surface area (Å²) in [6.45, 7) is 4.79. The lowest BCUT2D eigenvalue weighted by Gasteiger charge is -2.26. The molecule has 2 N–H and O–H groups in total. The number of nitrogens with zero attached hydrogens (tertiary/aromatic N) is 1. The molecular formula is C10H18N2OS. The summed E-state index contributed by atoms with van der Waals surface area (Å²) >= 11 is 4.96. The van der Waals surface area contributed by atoms with E-state index in [4.69, 9.17) is 18.0 Å². The molecule has 1 saturated heterocycles. The third kappa shape index (κ3) is 2.23. The van der Waals surface area contributed by atoms with Gasteiger partial charge < -0.3 is 10.6 Å². The van der Waals surface area contributed by atoms with Crippen LogP contribution in [0.15, 0.2) is 0 Å². The number of hydrogen-bond donors (Lipinski definition) is 1. The molecule has 0 aromatic rings. The van der Waals surface area contributed by atoms with Gasteiger partial charge in [-0.3, -0.25) is 4.79 Å². The number of carbonyl (C=O) groups is 1. The molecule has 1 heterocycles. The Balaban J connectivity index is 2.67. The molecule has 1 aliphatic heterocycles. The molecule has 0 aromatic heterocycles. The molecule has 1 aliphatic rings. The van der Waals surface area contributed by atoms with Gasteiger partial charge in [-0.15, -0.1) is 0 Å². The van der Waals surface area contributed by atoms with Gasteiger partial charge in [0.05, 0.1) is 11.0 Å². The minimum atomic E-state index is 0.00602. The number of nitrogens with two attached hydrogens (primary N) is 1. The first kappa shape index (κ1) is 11.4. The van der Waals surface area contributed by atoms with Crippen LogP contribution < -0.4 is 5.73 Å². The highest BCUT2D eigenvalue weighted by Gasteiger charge is 2.32. The Morgan fingerprint density at radius 2 is 2.36 bits per heavy atom. The van der Waals surface area contributed by atoms with Crippen LogP contribution in [0.5, 0.6) is 0 Å². The predicted molar refractivity (Wildman–Crippen MR) is 61.0 cm³/mol. The van der Waals surface area contributed by atoms with E-state index in [0.29, 0.717) is 4.99 Å². The van der Waals surface area contributed by atoms with E-state index in [-0.39, 0.29) is 17.9 Å². The van der Waals surface area contributed by atoms with Gasteiger partial charge in [-0.1, -0.05) is 26.1 Å². The number of hydrogen-bond acceptors (Lipinski definition) is 2. The summed E-state index contributed by atoms with van der Waals surface area (Å²) in [5, 5.41) is 0. The van der Waals surface area contributed by atoms with Gasteiger partial charge in [-0.05, 0) is 19.3 Å². The second-order valence-corrected chi connectivity index (χ2v) is 4.37. The van der Waals surface area contributed by atoms with E-state index in [0.717, 1.165) is 25.8 Å². The van der Waals surface area contributed by atoms with Gasteiger partial charge in [0.25, 0.3) is 0 Å². The summed E-state index contributed by atoms with van der Waals surface area (Å²) in [5.74, 6) is 0.285. The molecule has 4 heteroatoms. The van der Waals surface area contributed by atoms with E-state index in [1.165, 1.54) is 0 Å². The molecule has 3 nitrogen and oxygen atoms in total. The molecule has 14 heavy (non-hydrogen) atoms. The van der Waals surface area contributed by atoms with Crippen molar-refractivity contribution in [2.75, 3.05) is 6.54 Å². The van der Waals surface area contributed by atoms with E-state index in [1.807, 2.05) is 18.7 Å². The van der Waals surface area contributed by atoms with Crippen LogP contribution in [0.1, 0.15) is 33.1 Å². The van der Waals surface area contributed by atoms with Crippen LogP contribution in [0.25, 0.3) is 0 Å². The molecule has 80 valence electrons. The second kappa shape index (κ2) is 4.73. The predicted octanol–water partition coefficient (Wildman–Crippen LogP) is 1.31. The molecule has 0 aliphatic carbocycles. The highest BCUT2D eigenvalue weighted by atomic mass is 32.1. The minimum Gasteiger partial charge on any atom is -0.392 e. The smallest absolute Gasteiger partial charge is 0.225 e. The van der Waals surface area contributed by atoms with Gasteiger partial charge in [0.2, 0.25) is 5.91 Å². The Morgan fingerprint density at radius 1 is 1.71 bits per heavy atom. The fraction of sp³-hybridized carbons (Fsp3) is 0.800. The maximum absolute atomic E-state index is 11.9. The Hall–Kier alpha value is -0.640. The summed E-state index contributed by atoms with van der Waals surface area (Å²) in [4.78, 5) is 14.2. The highest BCUT2D eigenvalue weighted by molar-refractivity contribution is 7.80. The minimum absolute atomic E-state index is 0.00602. The maximum atomic E-state index is 11.9. The van der Waals surface area contributed by atoms with Crippen LogP contribution in [-0.2, 0) is 4.79 Å². The van der Waals surface area contributed by atoms with Gasteiger partial charge in [-0.25, -0.2) is 0 Å². The summed E-state index contributed by atoms with van der Waals surface area (Å²) in [7, 11) is 0. The lowest BCUT2D eigenvalue weighted by molar-refractivity contribution is -0.134. The van der Waals surface area contributed by atoms with E-state index in [9.17, 15) is 4.79 Å². The number of likely N-dealkylation sites (tertiary alicyclic amines) is 1. The molecule has 2 unspecified atom stereocenters. The highest BCUT2D eigenvalue weighted by Crippen LogP contribution is 2.20. The van der Waals surface area contributed by atoms with Crippen molar-refractivity contribution in [3.63, 3.8) is 0 Å². The standard InChI is InChI=1S/C10H18N2OS/c1-3-7(2)10(13)12-6-4-5-8(12)9(11)14/h7-8H,3-6H2,1-2H3,(H2,11,14). The maximum Gasteiger partial charge on any atom is 0.225 e. The Bertz CT molecular complexity index is 242. The van der Waals surface area contributed by atoms with Crippen molar-refractivity contribution in [3.8, 4) is 0 Å². The van der Waals surface area contributed by atoms with Gasteiger partial charge in [0.1, 0.15) is 0 Å². The fourth-order valence-corrected chi connectivity index (χ4v) is 2.03. The first-order valence-electron chi connectivity index (χ1n) is 5.17. The number of thiocarbonyl (C=S) groups is 1. The average Bonchev–Trinajstić information content (AvgIpc) is 2.63. The zero-order chi connectivity index (χ0) is 10.7. The Kier molecular flexibility index (Phi) is 3.86. The normalized spacial score (nSPS) is 23.6. The molecule has 1 rings (SSSR count). The largest absolute Gasteiger partial charge is 0.392 e. The third-order valence-electron chi connectivity index (χ3n) is 2.90. The van der Waals surface area contributed by atoms with Crippen molar-refractivity contribution >= 4 is 23.1 Å². The van der Waals surface area contributed by atoms with E-state index in [1.54, 1.807) is 0 Å². The Morgan fingerprint density at radius 3 is 2.86 bits per heavy atom. The molecule has 0 aromatic carbocycles. The van der Waals surface area contributed by atoms with Crippen molar-refractivity contribution in [1.82, 2.24) is 4.90 Å². The first-order valence-corrected chi connectivity index (χ1v) is 5.58. The van der Waals surface area contributed by atoms with Crippen LogP contribution in [0.2, 0.25) is 0 Å². The lowest BCUT2D eigenvalue weighted by atomic mass is 10.1. The van der Waals surface area contributed by atoms with Crippen molar-refractivity contribution in [2.45, 2.75) is 39.2 Å². The number of carbonyl (C=O) groups excluding carboxylic acids is 1. The third-order valence-corrected chi connectivity index (χ3v) is 3.17. The molecule has 1 fully saturated rings. The summed E-state index contributed by atoms with van der Waals surface area (Å²) in [6.07, 6.45) is 2.82. The fourth-order valence-electron chi connectivity index (χ4n) is 1.78. The average molecular weight is 214 g/mol. The lowest BCUT2D eigenvalue weighted by Crippen LogP contribution is -2.44. The molecule has 2 atom stereocenters. The van der Waals surface area contributed by atoms with Gasteiger partial charge in [0, 0.05) is 12.5 Å². The van der Waals surface area contributed by atoms with Crippen LogP contribution in [0, 0.1) is 5.92 Å². The molecule has 0 spiro atoms. The van der Waals surface area contributed by atoms with Crippen molar-refractivity contribution in [2.24, 2.45) is 11.7 Å². The first-order chi connectivity index (χ1) is 6.57. The number of amides is 1. The molecule has 0 saturated carbocycles. The van der Waals surface area contributed by atoms with Crippen LogP contribution in [-0.4, -0.2) is 28.4 Å². The van der Waals surface area contributed by atoms with Crippen LogP contribution in [0.4, 0.5) is 0 Å². The summed E-state index contributed by atoms with van der Waals surface area (Å²) in [6, 6.07) is 0.00602. The van der Waals surface area contributed by atoms with E-state index in [2.05, 4.69) is 0 Å². The van der Waals surface area contributed by atoms with Gasteiger partial charge in [-0.2, -0.15) is 0 Å². The summed E-state index contributed by atoms with van der Waals surface area (Å²) < 4.78 is 0. The van der Waals surface area contributed by atoms with Crippen LogP contribution >= 0.6 is 12.2 Å². The molecule has 0 radical (unpaired) electrons. The van der Waals surface area contributed by atoms with Gasteiger partial charge in [0.15, 0.2) is 0 Å². The number of rotatable bonds is 3.